The first-order chi connectivity index (χ1) is 11.7. The molecule has 130 valence electrons. The molecule has 0 radical (unpaired) electrons. The quantitative estimate of drug-likeness (QED) is 0.926. The first-order valence-electron chi connectivity index (χ1n) is 8.79. The van der Waals surface area contributed by atoms with E-state index in [-0.39, 0.29) is 11.9 Å². The Balaban J connectivity index is 1.41. The van der Waals surface area contributed by atoms with E-state index in [1.165, 1.54) is 38.4 Å². The number of amides is 3. The van der Waals surface area contributed by atoms with Gasteiger partial charge in [-0.1, -0.05) is 25.3 Å². The highest BCUT2D eigenvalue weighted by Gasteiger charge is 2.25. The summed E-state index contributed by atoms with van der Waals surface area (Å²) in [6, 6.07) is 3.28. The summed E-state index contributed by atoms with van der Waals surface area (Å²) in [6.45, 7) is 2.13. The Bertz CT molecular complexity index is 568. The average molecular weight is 331 g/mol. The number of allylic oxidation sites excluding steroid dienone is 1. The Labute approximate surface area is 142 Å². The molecule has 0 bridgehead atoms. The minimum Gasteiger partial charge on any atom is -0.459 e. The van der Waals surface area contributed by atoms with Crippen LogP contribution in [0.1, 0.15) is 42.7 Å². The van der Waals surface area contributed by atoms with Gasteiger partial charge in [-0.05, 0) is 30.9 Å². The number of hydrogen-bond donors (Lipinski definition) is 1. The summed E-state index contributed by atoms with van der Waals surface area (Å²) in [7, 11) is 0. The highest BCUT2D eigenvalue weighted by Crippen LogP contribution is 2.24. The number of carbonyl (C=O) groups is 2. The minimum absolute atomic E-state index is 0.0906. The minimum atomic E-state index is -0.114. The smallest absolute Gasteiger partial charge is 0.321 e. The number of hydrogen-bond acceptors (Lipinski definition) is 3. The molecule has 0 atom stereocenters. The molecule has 3 amide bonds. The van der Waals surface area contributed by atoms with Gasteiger partial charge in [-0.2, -0.15) is 0 Å². The molecule has 1 N–H and O–H groups in total. The van der Waals surface area contributed by atoms with Gasteiger partial charge in [0.2, 0.25) is 0 Å². The topological polar surface area (TPSA) is 65.8 Å². The molecule has 1 aromatic rings. The molecule has 0 aromatic carbocycles. The number of rotatable bonds is 3. The second-order valence-corrected chi connectivity index (χ2v) is 6.46. The second-order valence-electron chi connectivity index (χ2n) is 6.46. The molecule has 3 rings (SSSR count). The fourth-order valence-electron chi connectivity index (χ4n) is 3.34. The summed E-state index contributed by atoms with van der Waals surface area (Å²) in [5.74, 6) is 0.836. The van der Waals surface area contributed by atoms with Crippen LogP contribution < -0.4 is 5.32 Å². The number of carbonyl (C=O) groups excluding carboxylic acids is 2. The predicted octanol–water partition coefficient (Wildman–Crippen LogP) is 2.84. The maximum absolute atomic E-state index is 12.2. The number of piperazine rings is 1. The highest BCUT2D eigenvalue weighted by atomic mass is 16.3. The number of urea groups is 1. The summed E-state index contributed by atoms with van der Waals surface area (Å²) in [6.07, 6.45) is 11.8. The van der Waals surface area contributed by atoms with Crippen LogP contribution in [0.2, 0.25) is 0 Å². The van der Waals surface area contributed by atoms with Crippen molar-refractivity contribution in [1.29, 1.82) is 0 Å². The normalized spacial score (nSPS) is 19.7. The van der Waals surface area contributed by atoms with E-state index in [9.17, 15) is 9.59 Å². The monoisotopic (exact) mass is 331 g/mol. The molecule has 2 heterocycles. The van der Waals surface area contributed by atoms with Crippen LogP contribution in [0.25, 0.3) is 0 Å². The summed E-state index contributed by atoms with van der Waals surface area (Å²) in [5, 5.41) is 2.86. The number of furan rings is 1. The van der Waals surface area contributed by atoms with Crippen molar-refractivity contribution in [3.8, 4) is 0 Å². The lowest BCUT2D eigenvalue weighted by molar-refractivity contribution is 0.0635. The molecule has 24 heavy (non-hydrogen) atoms. The lowest BCUT2D eigenvalue weighted by Gasteiger charge is -2.34. The Morgan fingerprint density at radius 1 is 1.08 bits per heavy atom. The second kappa shape index (κ2) is 8.04. The van der Waals surface area contributed by atoms with Gasteiger partial charge in [0.05, 0.1) is 6.26 Å². The van der Waals surface area contributed by atoms with Gasteiger partial charge < -0.3 is 19.5 Å². The van der Waals surface area contributed by atoms with Gasteiger partial charge in [0, 0.05) is 32.4 Å². The first kappa shape index (κ1) is 16.6. The molecule has 2 aliphatic rings. The third-order valence-electron chi connectivity index (χ3n) is 4.81. The van der Waals surface area contributed by atoms with Crippen LogP contribution in [-0.2, 0) is 0 Å². The van der Waals surface area contributed by atoms with Gasteiger partial charge in [0.25, 0.3) is 5.91 Å². The molecule has 1 aromatic heterocycles. The summed E-state index contributed by atoms with van der Waals surface area (Å²) in [4.78, 5) is 27.8. The van der Waals surface area contributed by atoms with Crippen molar-refractivity contribution < 1.29 is 14.0 Å². The van der Waals surface area contributed by atoms with Crippen LogP contribution in [-0.4, -0.2) is 47.9 Å². The molecule has 0 spiro atoms. The zero-order chi connectivity index (χ0) is 16.8. The van der Waals surface area contributed by atoms with Crippen molar-refractivity contribution in [3.05, 3.63) is 36.4 Å². The molecule has 1 aliphatic carbocycles. The van der Waals surface area contributed by atoms with E-state index in [2.05, 4.69) is 11.4 Å². The van der Waals surface area contributed by atoms with Gasteiger partial charge in [-0.3, -0.25) is 4.79 Å². The van der Waals surface area contributed by atoms with Gasteiger partial charge in [-0.25, -0.2) is 4.79 Å². The fraction of sp³-hybridized carbons (Fsp3) is 0.556. The number of nitrogens with zero attached hydrogens (tertiary/aromatic N) is 2. The first-order valence-corrected chi connectivity index (χ1v) is 8.79. The van der Waals surface area contributed by atoms with E-state index in [0.29, 0.717) is 37.9 Å². The average Bonchev–Trinajstić information content (AvgIpc) is 3.17. The largest absolute Gasteiger partial charge is 0.459 e. The fourth-order valence-corrected chi connectivity index (χ4v) is 3.34. The van der Waals surface area contributed by atoms with Crippen molar-refractivity contribution in [1.82, 2.24) is 15.1 Å². The standard InChI is InChI=1S/C18H25N3O3/c22-17(16-7-4-14-24-16)20-10-12-21(13-11-20)18(23)19-9-8-15-5-2-1-3-6-15/h4,7-9,14-15H,1-3,5-6,10-13H2,(H,19,23)/b9-8+. The third kappa shape index (κ3) is 4.19. The molecule has 1 aliphatic heterocycles. The molecule has 1 saturated heterocycles. The van der Waals surface area contributed by atoms with Crippen LogP contribution in [0.4, 0.5) is 4.79 Å². The van der Waals surface area contributed by atoms with Gasteiger partial charge in [0.15, 0.2) is 5.76 Å². The maximum Gasteiger partial charge on any atom is 0.321 e. The predicted molar refractivity (Wildman–Crippen MR) is 90.4 cm³/mol. The van der Waals surface area contributed by atoms with Crippen LogP contribution in [0.15, 0.2) is 35.1 Å². The summed E-state index contributed by atoms with van der Waals surface area (Å²) >= 11 is 0. The van der Waals surface area contributed by atoms with Crippen LogP contribution >= 0.6 is 0 Å². The lowest BCUT2D eigenvalue weighted by Crippen LogP contribution is -2.52. The van der Waals surface area contributed by atoms with Crippen LogP contribution in [0, 0.1) is 5.92 Å². The summed E-state index contributed by atoms with van der Waals surface area (Å²) in [5.41, 5.74) is 0. The maximum atomic E-state index is 12.2. The summed E-state index contributed by atoms with van der Waals surface area (Å²) < 4.78 is 5.14. The Hall–Kier alpha value is -2.24. The Morgan fingerprint density at radius 3 is 2.46 bits per heavy atom. The van der Waals surface area contributed by atoms with E-state index in [4.69, 9.17) is 4.42 Å². The van der Waals surface area contributed by atoms with Gasteiger partial charge in [0.1, 0.15) is 0 Å². The van der Waals surface area contributed by atoms with Crippen molar-refractivity contribution in [2.75, 3.05) is 26.2 Å². The molecule has 2 fully saturated rings. The Kier molecular flexibility index (Phi) is 5.56. The van der Waals surface area contributed by atoms with Gasteiger partial charge >= 0.3 is 6.03 Å². The SMILES string of the molecule is O=C(N/C=C/C1CCCCC1)N1CCN(C(=O)c2ccco2)CC1. The molecule has 0 unspecified atom stereocenters. The van der Waals surface area contributed by atoms with E-state index < -0.39 is 0 Å². The van der Waals surface area contributed by atoms with E-state index in [1.54, 1.807) is 28.1 Å². The van der Waals surface area contributed by atoms with Crippen molar-refractivity contribution in [2.24, 2.45) is 5.92 Å². The third-order valence-corrected chi connectivity index (χ3v) is 4.81. The highest BCUT2D eigenvalue weighted by molar-refractivity contribution is 5.91. The molecule has 6 heteroatoms. The van der Waals surface area contributed by atoms with Crippen molar-refractivity contribution in [2.45, 2.75) is 32.1 Å². The molecular formula is C18H25N3O3. The lowest BCUT2D eigenvalue weighted by atomic mass is 9.89. The van der Waals surface area contributed by atoms with Crippen LogP contribution in [0.5, 0.6) is 0 Å². The van der Waals surface area contributed by atoms with Crippen LogP contribution in [0.3, 0.4) is 0 Å². The Morgan fingerprint density at radius 2 is 1.79 bits per heavy atom. The molecule has 1 saturated carbocycles. The molecular weight excluding hydrogens is 306 g/mol. The van der Waals surface area contributed by atoms with Crippen molar-refractivity contribution >= 4 is 11.9 Å². The van der Waals surface area contributed by atoms with Gasteiger partial charge in [-0.15, -0.1) is 0 Å². The van der Waals surface area contributed by atoms with E-state index >= 15 is 0 Å². The number of nitrogens with one attached hydrogen (secondary N) is 1. The molecule has 6 nitrogen and oxygen atoms in total. The van der Waals surface area contributed by atoms with E-state index in [1.807, 2.05) is 0 Å². The van der Waals surface area contributed by atoms with E-state index in [0.717, 1.165) is 0 Å². The zero-order valence-corrected chi connectivity index (χ0v) is 13.9. The zero-order valence-electron chi connectivity index (χ0n) is 13.9. The van der Waals surface area contributed by atoms with Crippen molar-refractivity contribution in [3.63, 3.8) is 0 Å².